The van der Waals surface area contributed by atoms with Gasteiger partial charge in [0.25, 0.3) is 0 Å². The Balaban J connectivity index is 1.59. The van der Waals surface area contributed by atoms with Gasteiger partial charge in [0.1, 0.15) is 5.01 Å². The van der Waals surface area contributed by atoms with Crippen molar-refractivity contribution < 1.29 is 4.79 Å². The topological polar surface area (TPSA) is 54.9 Å². The molecule has 25 heavy (non-hydrogen) atoms. The van der Waals surface area contributed by atoms with Gasteiger partial charge in [-0.05, 0) is 24.1 Å². The van der Waals surface area contributed by atoms with Crippen LogP contribution in [0.3, 0.4) is 0 Å². The third-order valence-electron chi connectivity index (χ3n) is 3.73. The smallest absolute Gasteiger partial charge is 0.233 e. The Morgan fingerprint density at radius 2 is 1.76 bits per heavy atom. The molecule has 1 atom stereocenters. The number of aromatic nitrogens is 2. The van der Waals surface area contributed by atoms with E-state index >= 15 is 0 Å². The molecule has 0 fully saturated rings. The highest BCUT2D eigenvalue weighted by Crippen LogP contribution is 2.27. The van der Waals surface area contributed by atoms with E-state index in [9.17, 15) is 4.79 Å². The fourth-order valence-electron chi connectivity index (χ4n) is 2.47. The average Bonchev–Trinajstić information content (AvgIpc) is 3.10. The number of benzene rings is 2. The van der Waals surface area contributed by atoms with Crippen LogP contribution in [0.1, 0.15) is 29.8 Å². The summed E-state index contributed by atoms with van der Waals surface area (Å²) in [6.45, 7) is 2.01. The van der Waals surface area contributed by atoms with Crippen LogP contribution < -0.4 is 5.32 Å². The zero-order valence-corrected chi connectivity index (χ0v) is 15.5. The monoisotopic (exact) mass is 369 g/mol. The molecule has 3 rings (SSSR count). The summed E-state index contributed by atoms with van der Waals surface area (Å²) in [5.41, 5.74) is 1.02. The minimum Gasteiger partial charge on any atom is -0.300 e. The molecule has 0 aliphatic carbocycles. The maximum absolute atomic E-state index is 12.6. The van der Waals surface area contributed by atoms with Crippen LogP contribution in [0.5, 0.6) is 0 Å². The van der Waals surface area contributed by atoms with E-state index in [1.165, 1.54) is 16.2 Å². The van der Waals surface area contributed by atoms with Crippen molar-refractivity contribution in [2.75, 3.05) is 5.32 Å². The van der Waals surface area contributed by atoms with Crippen LogP contribution in [0, 0.1) is 0 Å². The van der Waals surface area contributed by atoms with E-state index in [1.54, 1.807) is 11.8 Å². The van der Waals surface area contributed by atoms with Gasteiger partial charge in [-0.1, -0.05) is 66.8 Å². The zero-order valence-electron chi connectivity index (χ0n) is 13.9. The van der Waals surface area contributed by atoms with E-state index in [0.29, 0.717) is 5.13 Å². The first kappa shape index (κ1) is 17.6. The number of anilines is 1. The van der Waals surface area contributed by atoms with Gasteiger partial charge in [-0.15, -0.1) is 22.0 Å². The summed E-state index contributed by atoms with van der Waals surface area (Å²) in [5, 5.41) is 12.6. The van der Waals surface area contributed by atoms with E-state index in [-0.39, 0.29) is 11.8 Å². The number of hydrogen-bond acceptors (Lipinski definition) is 5. The van der Waals surface area contributed by atoms with Crippen molar-refractivity contribution >= 4 is 34.1 Å². The lowest BCUT2D eigenvalue weighted by Crippen LogP contribution is -2.20. The van der Waals surface area contributed by atoms with E-state index in [2.05, 4.69) is 27.6 Å². The van der Waals surface area contributed by atoms with Crippen molar-refractivity contribution in [3.05, 3.63) is 71.2 Å². The summed E-state index contributed by atoms with van der Waals surface area (Å²) < 4.78 is 0. The van der Waals surface area contributed by atoms with Crippen LogP contribution in [0.4, 0.5) is 5.13 Å². The van der Waals surface area contributed by atoms with Crippen molar-refractivity contribution in [2.45, 2.75) is 29.9 Å². The van der Waals surface area contributed by atoms with E-state index in [1.807, 2.05) is 55.5 Å². The maximum atomic E-state index is 12.6. The molecule has 0 aliphatic rings. The van der Waals surface area contributed by atoms with E-state index < -0.39 is 0 Å². The van der Waals surface area contributed by atoms with Crippen molar-refractivity contribution in [3.63, 3.8) is 0 Å². The van der Waals surface area contributed by atoms with Crippen molar-refractivity contribution in [2.24, 2.45) is 0 Å². The summed E-state index contributed by atoms with van der Waals surface area (Å²) in [5.74, 6) is 0.535. The molecule has 1 amide bonds. The molecule has 0 radical (unpaired) electrons. The molecule has 0 spiro atoms. The summed E-state index contributed by atoms with van der Waals surface area (Å²) in [6, 6.07) is 20.0. The van der Waals surface area contributed by atoms with Crippen LogP contribution in [-0.4, -0.2) is 16.1 Å². The highest BCUT2D eigenvalue weighted by atomic mass is 32.2. The van der Waals surface area contributed by atoms with Crippen molar-refractivity contribution in [1.29, 1.82) is 0 Å². The number of carbonyl (C=O) groups excluding carboxylic acids is 1. The Labute approximate surface area is 155 Å². The summed E-state index contributed by atoms with van der Waals surface area (Å²) in [6.07, 6.45) is 0.741. The number of amides is 1. The predicted molar refractivity (Wildman–Crippen MR) is 104 cm³/mol. The molecule has 6 heteroatoms. The first-order chi connectivity index (χ1) is 12.3. The molecule has 4 nitrogen and oxygen atoms in total. The SMILES string of the molecule is CCC(C(=O)Nc1nnc(CSc2ccccc2)s1)c1ccccc1. The number of carbonyl (C=O) groups is 1. The number of rotatable bonds is 7. The van der Waals surface area contributed by atoms with Gasteiger partial charge < -0.3 is 0 Å². The van der Waals surface area contributed by atoms with Gasteiger partial charge in [0, 0.05) is 4.90 Å². The Hall–Kier alpha value is -2.18. The second kappa shape index (κ2) is 8.78. The summed E-state index contributed by atoms with van der Waals surface area (Å²) in [4.78, 5) is 13.7. The lowest BCUT2D eigenvalue weighted by Gasteiger charge is -2.13. The van der Waals surface area contributed by atoms with E-state index in [0.717, 1.165) is 22.7 Å². The van der Waals surface area contributed by atoms with Crippen LogP contribution in [0.15, 0.2) is 65.6 Å². The first-order valence-electron chi connectivity index (χ1n) is 8.12. The third-order valence-corrected chi connectivity index (χ3v) is 5.77. The lowest BCUT2D eigenvalue weighted by atomic mass is 9.96. The number of nitrogens with one attached hydrogen (secondary N) is 1. The summed E-state index contributed by atoms with van der Waals surface area (Å²) in [7, 11) is 0. The predicted octanol–water partition coefficient (Wildman–Crippen LogP) is 4.96. The van der Waals surface area contributed by atoms with Gasteiger partial charge in [0.2, 0.25) is 11.0 Å². The molecule has 0 bridgehead atoms. The quantitative estimate of drug-likeness (QED) is 0.598. The molecule has 128 valence electrons. The third kappa shape index (κ3) is 4.90. The highest BCUT2D eigenvalue weighted by Gasteiger charge is 2.20. The molecule has 1 unspecified atom stereocenters. The van der Waals surface area contributed by atoms with E-state index in [4.69, 9.17) is 0 Å². The van der Waals surface area contributed by atoms with Gasteiger partial charge in [0.15, 0.2) is 0 Å². The fourth-order valence-corrected chi connectivity index (χ4v) is 4.12. The average molecular weight is 370 g/mol. The molecule has 1 N–H and O–H groups in total. The van der Waals surface area contributed by atoms with Gasteiger partial charge in [-0.3, -0.25) is 10.1 Å². The van der Waals surface area contributed by atoms with Gasteiger partial charge in [-0.25, -0.2) is 0 Å². The normalized spacial score (nSPS) is 11.9. The first-order valence-corrected chi connectivity index (χ1v) is 9.92. The number of nitrogens with zero attached hydrogens (tertiary/aromatic N) is 2. The Bertz CT molecular complexity index is 806. The molecule has 3 aromatic rings. The Kier molecular flexibility index (Phi) is 6.19. The molecule has 0 saturated heterocycles. The number of hydrogen-bond donors (Lipinski definition) is 1. The Morgan fingerprint density at radius 3 is 2.44 bits per heavy atom. The highest BCUT2D eigenvalue weighted by molar-refractivity contribution is 7.98. The standard InChI is InChI=1S/C19H19N3OS2/c1-2-16(14-9-5-3-6-10-14)18(23)20-19-22-21-17(25-19)13-24-15-11-7-4-8-12-15/h3-12,16H,2,13H2,1H3,(H,20,22,23). The zero-order chi connectivity index (χ0) is 17.5. The molecule has 1 aromatic heterocycles. The van der Waals surface area contributed by atoms with Gasteiger partial charge in [-0.2, -0.15) is 0 Å². The van der Waals surface area contributed by atoms with Crippen LogP contribution >= 0.6 is 23.1 Å². The molecule has 0 aliphatic heterocycles. The van der Waals surface area contributed by atoms with Crippen molar-refractivity contribution in [3.8, 4) is 0 Å². The molecular formula is C19H19N3OS2. The largest absolute Gasteiger partial charge is 0.300 e. The number of thioether (sulfide) groups is 1. The summed E-state index contributed by atoms with van der Waals surface area (Å²) >= 11 is 3.14. The van der Waals surface area contributed by atoms with Gasteiger partial charge in [0.05, 0.1) is 11.7 Å². The molecule has 1 heterocycles. The second-order valence-corrected chi connectivity index (χ2v) is 7.57. The molecule has 2 aromatic carbocycles. The van der Waals surface area contributed by atoms with Crippen LogP contribution in [0.25, 0.3) is 0 Å². The lowest BCUT2D eigenvalue weighted by molar-refractivity contribution is -0.117. The van der Waals surface area contributed by atoms with Crippen molar-refractivity contribution in [1.82, 2.24) is 10.2 Å². The molecule has 0 saturated carbocycles. The molecular weight excluding hydrogens is 350 g/mol. The second-order valence-electron chi connectivity index (χ2n) is 5.46. The van der Waals surface area contributed by atoms with Gasteiger partial charge >= 0.3 is 0 Å². The minimum atomic E-state index is -0.174. The minimum absolute atomic E-state index is 0.0351. The fraction of sp³-hybridized carbons (Fsp3) is 0.211. The maximum Gasteiger partial charge on any atom is 0.233 e. The van der Waals surface area contributed by atoms with Crippen LogP contribution in [0.2, 0.25) is 0 Å². The Morgan fingerprint density at radius 1 is 1.08 bits per heavy atom. The van der Waals surface area contributed by atoms with Crippen LogP contribution in [-0.2, 0) is 10.5 Å².